The minimum atomic E-state index is -3.65. The van der Waals surface area contributed by atoms with E-state index in [4.69, 9.17) is 4.42 Å². The standard InChI is InChI=1S/C11H17BrN2O5S/c1-13(7-6-11(15)18-3)20(16,17)14(2)8-9-4-5-10(12)19-9/h4-5H,6-8H2,1-3H3. The zero-order valence-corrected chi connectivity index (χ0v) is 13.9. The van der Waals surface area contributed by atoms with E-state index in [0.29, 0.717) is 10.4 Å². The second kappa shape index (κ2) is 7.21. The highest BCUT2D eigenvalue weighted by molar-refractivity contribution is 9.10. The van der Waals surface area contributed by atoms with E-state index in [2.05, 4.69) is 20.7 Å². The van der Waals surface area contributed by atoms with Crippen molar-refractivity contribution >= 4 is 32.1 Å². The van der Waals surface area contributed by atoms with Crippen molar-refractivity contribution in [3.63, 3.8) is 0 Å². The molecule has 9 heteroatoms. The Labute approximate surface area is 126 Å². The molecule has 0 amide bonds. The summed E-state index contributed by atoms with van der Waals surface area (Å²) in [5.41, 5.74) is 0. The topological polar surface area (TPSA) is 80.1 Å². The molecule has 1 rings (SSSR count). The zero-order valence-electron chi connectivity index (χ0n) is 11.5. The van der Waals surface area contributed by atoms with Crippen LogP contribution in [0, 0.1) is 0 Å². The molecule has 0 saturated carbocycles. The van der Waals surface area contributed by atoms with E-state index in [9.17, 15) is 13.2 Å². The summed E-state index contributed by atoms with van der Waals surface area (Å²) in [6.07, 6.45) is 0.00632. The minimum Gasteiger partial charge on any atom is -0.469 e. The van der Waals surface area contributed by atoms with Gasteiger partial charge in [-0.2, -0.15) is 17.0 Å². The first-order valence-electron chi connectivity index (χ1n) is 5.76. The van der Waals surface area contributed by atoms with Gasteiger partial charge in [-0.25, -0.2) is 0 Å². The third-order valence-corrected chi connectivity index (χ3v) is 4.97. The van der Waals surface area contributed by atoms with Crippen molar-refractivity contribution in [1.82, 2.24) is 8.61 Å². The summed E-state index contributed by atoms with van der Waals surface area (Å²) in [7, 11) is 0.468. The molecule has 0 aliphatic heterocycles. The average molecular weight is 369 g/mol. The SMILES string of the molecule is COC(=O)CCN(C)S(=O)(=O)N(C)Cc1ccc(Br)o1. The molecule has 0 radical (unpaired) electrons. The summed E-state index contributed by atoms with van der Waals surface area (Å²) in [5.74, 6) is 0.0639. The number of halogens is 1. The van der Waals surface area contributed by atoms with Gasteiger partial charge in [0, 0.05) is 20.6 Å². The number of carbonyl (C=O) groups excluding carboxylic acids is 1. The maximum absolute atomic E-state index is 12.2. The van der Waals surface area contributed by atoms with Crippen LogP contribution in [0.25, 0.3) is 0 Å². The van der Waals surface area contributed by atoms with Crippen molar-refractivity contribution in [2.45, 2.75) is 13.0 Å². The van der Waals surface area contributed by atoms with Crippen LogP contribution < -0.4 is 0 Å². The first-order valence-corrected chi connectivity index (χ1v) is 7.95. The van der Waals surface area contributed by atoms with Gasteiger partial charge in [0.2, 0.25) is 0 Å². The number of methoxy groups -OCH3 is 1. The monoisotopic (exact) mass is 368 g/mol. The van der Waals surface area contributed by atoms with Crippen molar-refractivity contribution in [1.29, 1.82) is 0 Å². The van der Waals surface area contributed by atoms with Gasteiger partial charge in [0.25, 0.3) is 10.2 Å². The van der Waals surface area contributed by atoms with Gasteiger partial charge in [0.05, 0.1) is 20.1 Å². The number of rotatable bonds is 7. The Morgan fingerprint density at radius 1 is 1.35 bits per heavy atom. The molecule has 1 aromatic rings. The maximum atomic E-state index is 12.2. The molecule has 20 heavy (non-hydrogen) atoms. The van der Waals surface area contributed by atoms with E-state index in [1.807, 2.05) is 0 Å². The van der Waals surface area contributed by atoms with Crippen LogP contribution in [0.1, 0.15) is 12.2 Å². The molecule has 1 aromatic heterocycles. The second-order valence-corrected chi connectivity index (χ2v) is 7.04. The van der Waals surface area contributed by atoms with Gasteiger partial charge in [-0.3, -0.25) is 4.79 Å². The molecule has 0 spiro atoms. The van der Waals surface area contributed by atoms with Crippen molar-refractivity contribution in [3.8, 4) is 0 Å². The smallest absolute Gasteiger partial charge is 0.306 e. The summed E-state index contributed by atoms with van der Waals surface area (Å²) in [6, 6.07) is 3.38. The Hall–Kier alpha value is -0.900. The Morgan fingerprint density at radius 3 is 2.50 bits per heavy atom. The first-order chi connectivity index (χ1) is 9.27. The van der Waals surface area contributed by atoms with Gasteiger partial charge in [0.1, 0.15) is 5.76 Å². The second-order valence-electron chi connectivity index (χ2n) is 4.12. The molecular weight excluding hydrogens is 352 g/mol. The molecule has 7 nitrogen and oxygen atoms in total. The van der Waals surface area contributed by atoms with Gasteiger partial charge in [0.15, 0.2) is 4.67 Å². The van der Waals surface area contributed by atoms with E-state index >= 15 is 0 Å². The normalized spacial score (nSPS) is 12.1. The predicted octanol–water partition coefficient (Wildman–Crippen LogP) is 1.21. The number of nitrogens with zero attached hydrogens (tertiary/aromatic N) is 2. The van der Waals surface area contributed by atoms with Gasteiger partial charge >= 0.3 is 5.97 Å². The summed E-state index contributed by atoms with van der Waals surface area (Å²) in [5, 5.41) is 0. The van der Waals surface area contributed by atoms with Crippen LogP contribution in [0.15, 0.2) is 21.2 Å². The summed E-state index contributed by atoms with van der Waals surface area (Å²) in [6.45, 7) is 0.164. The van der Waals surface area contributed by atoms with Gasteiger partial charge in [-0.15, -0.1) is 0 Å². The molecule has 114 valence electrons. The summed E-state index contributed by atoms with van der Waals surface area (Å²) < 4.78 is 36.9. The Bertz CT molecular complexity index is 557. The van der Waals surface area contributed by atoms with E-state index < -0.39 is 16.2 Å². The summed E-state index contributed by atoms with van der Waals surface area (Å²) in [4.78, 5) is 11.0. The van der Waals surface area contributed by atoms with Gasteiger partial charge in [-0.05, 0) is 28.1 Å². The lowest BCUT2D eigenvalue weighted by molar-refractivity contribution is -0.140. The quantitative estimate of drug-likeness (QED) is 0.675. The average Bonchev–Trinajstić information content (AvgIpc) is 2.80. The molecule has 0 aliphatic carbocycles. The van der Waals surface area contributed by atoms with E-state index in [1.165, 1.54) is 21.2 Å². The van der Waals surface area contributed by atoms with Crippen molar-refractivity contribution in [2.24, 2.45) is 0 Å². The molecule has 0 aromatic carbocycles. The van der Waals surface area contributed by atoms with Gasteiger partial charge in [-0.1, -0.05) is 0 Å². The molecular formula is C11H17BrN2O5S. The lowest BCUT2D eigenvalue weighted by Crippen LogP contribution is -2.40. The molecule has 0 bridgehead atoms. The number of carbonyl (C=O) groups is 1. The maximum Gasteiger partial charge on any atom is 0.306 e. The van der Waals surface area contributed by atoms with Crippen LogP contribution in [0.2, 0.25) is 0 Å². The molecule has 0 fully saturated rings. The minimum absolute atomic E-state index is 0.00632. The molecule has 0 N–H and O–H groups in total. The first kappa shape index (κ1) is 17.2. The largest absolute Gasteiger partial charge is 0.469 e. The van der Waals surface area contributed by atoms with Gasteiger partial charge < -0.3 is 9.15 Å². The number of hydrogen-bond donors (Lipinski definition) is 0. The molecule has 0 unspecified atom stereocenters. The fourth-order valence-electron chi connectivity index (χ4n) is 1.44. The predicted molar refractivity (Wildman–Crippen MR) is 76.1 cm³/mol. The van der Waals surface area contributed by atoms with E-state index in [1.54, 1.807) is 12.1 Å². The lowest BCUT2D eigenvalue weighted by atomic mass is 10.4. The Kier molecular flexibility index (Phi) is 6.18. The number of ether oxygens (including phenoxy) is 1. The zero-order chi connectivity index (χ0) is 15.3. The van der Waals surface area contributed by atoms with Crippen LogP contribution in [0.5, 0.6) is 0 Å². The van der Waals surface area contributed by atoms with Crippen LogP contribution in [-0.2, 0) is 26.3 Å². The van der Waals surface area contributed by atoms with Crippen LogP contribution in [0.3, 0.4) is 0 Å². The molecule has 0 saturated heterocycles. The Morgan fingerprint density at radius 2 is 2.00 bits per heavy atom. The van der Waals surface area contributed by atoms with Crippen LogP contribution in [0.4, 0.5) is 0 Å². The fourth-order valence-corrected chi connectivity index (χ4v) is 2.87. The van der Waals surface area contributed by atoms with Crippen LogP contribution in [-0.4, -0.2) is 50.7 Å². The van der Waals surface area contributed by atoms with E-state index in [-0.39, 0.29) is 19.5 Å². The highest BCUT2D eigenvalue weighted by atomic mass is 79.9. The van der Waals surface area contributed by atoms with Crippen molar-refractivity contribution in [2.75, 3.05) is 27.7 Å². The fraction of sp³-hybridized carbons (Fsp3) is 0.545. The van der Waals surface area contributed by atoms with Crippen LogP contribution >= 0.6 is 15.9 Å². The number of hydrogen-bond acceptors (Lipinski definition) is 5. The molecule has 1 heterocycles. The highest BCUT2D eigenvalue weighted by Crippen LogP contribution is 2.17. The molecule has 0 aliphatic rings. The van der Waals surface area contributed by atoms with E-state index in [0.717, 1.165) is 8.61 Å². The highest BCUT2D eigenvalue weighted by Gasteiger charge is 2.25. The lowest BCUT2D eigenvalue weighted by Gasteiger charge is -2.23. The third-order valence-electron chi connectivity index (χ3n) is 2.65. The van der Waals surface area contributed by atoms with Crippen molar-refractivity contribution in [3.05, 3.63) is 22.6 Å². The number of furan rings is 1. The Balaban J connectivity index is 2.64. The third kappa shape index (κ3) is 4.58. The van der Waals surface area contributed by atoms with Crippen molar-refractivity contribution < 1.29 is 22.4 Å². The number of esters is 1. The molecule has 0 atom stereocenters. The summed E-state index contributed by atoms with van der Waals surface area (Å²) >= 11 is 3.15.